The van der Waals surface area contributed by atoms with E-state index in [1.165, 1.54) is 18.5 Å². The number of rotatable bonds is 6. The van der Waals surface area contributed by atoms with E-state index in [2.05, 4.69) is 20.5 Å². The second-order valence-corrected chi connectivity index (χ2v) is 6.46. The van der Waals surface area contributed by atoms with E-state index in [-0.39, 0.29) is 5.82 Å². The van der Waals surface area contributed by atoms with Crippen molar-refractivity contribution < 1.29 is 18.6 Å². The first-order valence-electron chi connectivity index (χ1n) is 9.05. The molecule has 4 rings (SSSR count). The third-order valence-corrected chi connectivity index (χ3v) is 4.84. The van der Waals surface area contributed by atoms with Crippen molar-refractivity contribution >= 4 is 34.0 Å². The molecule has 0 radical (unpaired) electrons. The molecule has 0 aliphatic carbocycles. The van der Waals surface area contributed by atoms with Gasteiger partial charge in [-0.3, -0.25) is 5.43 Å². The number of aryl methyl sites for hydroxylation is 1. The van der Waals surface area contributed by atoms with E-state index < -0.39 is 0 Å². The molecule has 0 spiro atoms. The Morgan fingerprint density at radius 1 is 1.00 bits per heavy atom. The molecule has 0 bridgehead atoms. The predicted octanol–water partition coefficient (Wildman–Crippen LogP) is 3.73. The smallest absolute Gasteiger partial charge is 0.174 e. The monoisotopic (exact) mass is 409 g/mol. The number of ether oxygens (including phenoxy) is 3. The third-order valence-electron chi connectivity index (χ3n) is 4.84. The van der Waals surface area contributed by atoms with Crippen LogP contribution >= 0.6 is 0 Å². The van der Waals surface area contributed by atoms with Gasteiger partial charge in [0.15, 0.2) is 17.3 Å². The lowest BCUT2D eigenvalue weighted by Gasteiger charge is -2.11. The molecular formula is C21H20FN5O3. The van der Waals surface area contributed by atoms with Gasteiger partial charge in [-0.2, -0.15) is 5.10 Å². The molecule has 2 aromatic carbocycles. The van der Waals surface area contributed by atoms with Crippen molar-refractivity contribution in [2.45, 2.75) is 0 Å². The Hall–Kier alpha value is -3.88. The van der Waals surface area contributed by atoms with E-state index in [9.17, 15) is 4.39 Å². The molecule has 4 aromatic rings. The van der Waals surface area contributed by atoms with E-state index in [1.807, 2.05) is 11.6 Å². The van der Waals surface area contributed by atoms with Gasteiger partial charge >= 0.3 is 0 Å². The topological polar surface area (TPSA) is 82.8 Å². The van der Waals surface area contributed by atoms with Gasteiger partial charge < -0.3 is 18.8 Å². The number of benzene rings is 2. The molecule has 0 amide bonds. The van der Waals surface area contributed by atoms with Gasteiger partial charge in [-0.05, 0) is 24.3 Å². The highest BCUT2D eigenvalue weighted by atomic mass is 19.1. The van der Waals surface area contributed by atoms with Crippen LogP contribution in [0, 0.1) is 5.82 Å². The fraction of sp³-hybridized carbons (Fsp3) is 0.190. The lowest BCUT2D eigenvalue weighted by Crippen LogP contribution is -2.00. The van der Waals surface area contributed by atoms with Crippen molar-refractivity contribution in [1.29, 1.82) is 0 Å². The molecule has 0 saturated carbocycles. The van der Waals surface area contributed by atoms with Crippen LogP contribution in [0.3, 0.4) is 0 Å². The SMILES string of the molecule is COc1cc(OC)c(OC)cc1C=NNc1ncnc2c3cc(F)ccc3n(C)c12. The van der Waals surface area contributed by atoms with Gasteiger partial charge in [0.1, 0.15) is 28.9 Å². The number of aromatic nitrogens is 3. The van der Waals surface area contributed by atoms with Gasteiger partial charge in [-0.15, -0.1) is 0 Å². The number of methoxy groups -OCH3 is 3. The summed E-state index contributed by atoms with van der Waals surface area (Å²) in [7, 11) is 6.56. The summed E-state index contributed by atoms with van der Waals surface area (Å²) in [4.78, 5) is 8.62. The maximum absolute atomic E-state index is 13.7. The van der Waals surface area contributed by atoms with E-state index >= 15 is 0 Å². The summed E-state index contributed by atoms with van der Waals surface area (Å²) in [6.07, 6.45) is 3.01. The number of hydrogen-bond donors (Lipinski definition) is 1. The van der Waals surface area contributed by atoms with Crippen molar-refractivity contribution in [3.8, 4) is 17.2 Å². The van der Waals surface area contributed by atoms with E-state index in [0.29, 0.717) is 39.5 Å². The third kappa shape index (κ3) is 3.24. The first kappa shape index (κ1) is 19.4. The zero-order valence-electron chi connectivity index (χ0n) is 16.9. The second kappa shape index (κ2) is 7.86. The Balaban J connectivity index is 1.72. The predicted molar refractivity (Wildman–Crippen MR) is 113 cm³/mol. The number of hydrogen-bond acceptors (Lipinski definition) is 7. The second-order valence-electron chi connectivity index (χ2n) is 6.46. The van der Waals surface area contributed by atoms with Crippen LogP contribution in [0.4, 0.5) is 10.2 Å². The molecule has 1 N–H and O–H groups in total. The van der Waals surface area contributed by atoms with Crippen LogP contribution in [0.25, 0.3) is 21.9 Å². The van der Waals surface area contributed by atoms with E-state index in [1.54, 1.807) is 45.7 Å². The normalized spacial score (nSPS) is 11.4. The first-order valence-corrected chi connectivity index (χ1v) is 9.05. The van der Waals surface area contributed by atoms with Crippen LogP contribution in [0.2, 0.25) is 0 Å². The van der Waals surface area contributed by atoms with Crippen molar-refractivity contribution in [1.82, 2.24) is 14.5 Å². The summed E-state index contributed by atoms with van der Waals surface area (Å²) in [5.74, 6) is 1.86. The molecule has 8 nitrogen and oxygen atoms in total. The zero-order valence-corrected chi connectivity index (χ0v) is 16.9. The minimum Gasteiger partial charge on any atom is -0.496 e. The Morgan fingerprint density at radius 3 is 2.47 bits per heavy atom. The molecule has 9 heteroatoms. The van der Waals surface area contributed by atoms with Gasteiger partial charge in [0.05, 0.1) is 33.1 Å². The van der Waals surface area contributed by atoms with Gasteiger partial charge in [0, 0.05) is 24.1 Å². The van der Waals surface area contributed by atoms with Crippen LogP contribution in [0.1, 0.15) is 5.56 Å². The quantitative estimate of drug-likeness (QED) is 0.386. The van der Waals surface area contributed by atoms with Crippen molar-refractivity contribution in [3.63, 3.8) is 0 Å². The minimum atomic E-state index is -0.318. The Morgan fingerprint density at radius 2 is 1.73 bits per heavy atom. The molecule has 154 valence electrons. The molecule has 30 heavy (non-hydrogen) atoms. The highest BCUT2D eigenvalue weighted by Gasteiger charge is 2.15. The first-order chi connectivity index (χ1) is 14.6. The molecule has 0 fully saturated rings. The highest BCUT2D eigenvalue weighted by molar-refractivity contribution is 6.08. The van der Waals surface area contributed by atoms with Gasteiger partial charge in [-0.1, -0.05) is 0 Å². The summed E-state index contributed by atoms with van der Waals surface area (Å²) in [6, 6.07) is 8.09. The molecule has 0 unspecified atom stereocenters. The maximum Gasteiger partial charge on any atom is 0.174 e. The van der Waals surface area contributed by atoms with Crippen molar-refractivity contribution in [3.05, 3.63) is 48.0 Å². The molecule has 0 saturated heterocycles. The Bertz CT molecular complexity index is 1270. The number of fused-ring (bicyclic) bond motifs is 3. The summed E-state index contributed by atoms with van der Waals surface area (Å²) in [5, 5.41) is 5.01. The number of hydrazone groups is 1. The molecule has 0 aliphatic rings. The lowest BCUT2D eigenvalue weighted by atomic mass is 10.2. The molecule has 2 heterocycles. The number of halogens is 1. The van der Waals surface area contributed by atoms with Gasteiger partial charge in [0.2, 0.25) is 0 Å². The number of anilines is 1. The van der Waals surface area contributed by atoms with Crippen LogP contribution in [0.15, 0.2) is 41.8 Å². The fourth-order valence-electron chi connectivity index (χ4n) is 3.40. The lowest BCUT2D eigenvalue weighted by molar-refractivity contribution is 0.349. The van der Waals surface area contributed by atoms with Gasteiger partial charge in [0.25, 0.3) is 0 Å². The highest BCUT2D eigenvalue weighted by Crippen LogP contribution is 2.34. The zero-order chi connectivity index (χ0) is 21.3. The standard InChI is InChI=1S/C21H20FN5O3/c1-27-15-6-5-13(22)8-14(15)19-20(27)21(24-11-23-19)26-25-10-12-7-17(29-3)18(30-4)9-16(12)28-2/h5-11H,1-4H3,(H,23,24,26). The average molecular weight is 409 g/mol. The van der Waals surface area contributed by atoms with Crippen LogP contribution in [-0.4, -0.2) is 42.1 Å². The molecule has 0 atom stereocenters. The minimum absolute atomic E-state index is 0.318. The van der Waals surface area contributed by atoms with Crippen LogP contribution < -0.4 is 19.6 Å². The maximum atomic E-state index is 13.7. The van der Waals surface area contributed by atoms with E-state index in [4.69, 9.17) is 14.2 Å². The fourth-order valence-corrected chi connectivity index (χ4v) is 3.40. The number of nitrogens with zero attached hydrogens (tertiary/aromatic N) is 4. The summed E-state index contributed by atoms with van der Waals surface area (Å²) in [5.41, 5.74) is 5.84. The number of nitrogens with one attached hydrogen (secondary N) is 1. The van der Waals surface area contributed by atoms with Crippen LogP contribution in [0.5, 0.6) is 17.2 Å². The molecule has 2 aromatic heterocycles. The Labute approximate surface area is 171 Å². The van der Waals surface area contributed by atoms with Crippen molar-refractivity contribution in [2.24, 2.45) is 12.1 Å². The molecular weight excluding hydrogens is 389 g/mol. The average Bonchev–Trinajstić information content (AvgIpc) is 3.05. The van der Waals surface area contributed by atoms with E-state index in [0.717, 1.165) is 11.0 Å². The Kier molecular flexibility index (Phi) is 5.09. The largest absolute Gasteiger partial charge is 0.496 e. The van der Waals surface area contributed by atoms with Crippen molar-refractivity contribution in [2.75, 3.05) is 26.8 Å². The molecule has 0 aliphatic heterocycles. The summed E-state index contributed by atoms with van der Waals surface area (Å²) in [6.45, 7) is 0. The summed E-state index contributed by atoms with van der Waals surface area (Å²) < 4.78 is 31.7. The van der Waals surface area contributed by atoms with Crippen LogP contribution in [-0.2, 0) is 7.05 Å². The summed E-state index contributed by atoms with van der Waals surface area (Å²) >= 11 is 0. The van der Waals surface area contributed by atoms with Gasteiger partial charge in [-0.25, -0.2) is 14.4 Å².